The van der Waals surface area contributed by atoms with Gasteiger partial charge < -0.3 is 23.9 Å². The predicted molar refractivity (Wildman–Crippen MR) is 143 cm³/mol. The van der Waals surface area contributed by atoms with Crippen molar-refractivity contribution >= 4 is 30.7 Å². The van der Waals surface area contributed by atoms with Gasteiger partial charge in [-0.15, -0.1) is 0 Å². The Kier molecular flexibility index (Phi) is 8.00. The number of aliphatic hydroxyl groups excluding tert-OH is 1. The highest BCUT2D eigenvalue weighted by molar-refractivity contribution is 6.43. The molecule has 2 aromatic rings. The fourth-order valence-corrected chi connectivity index (χ4v) is 6.33. The van der Waals surface area contributed by atoms with Crippen LogP contribution in [0.3, 0.4) is 0 Å². The van der Waals surface area contributed by atoms with Gasteiger partial charge in [-0.25, -0.2) is 0 Å². The molecule has 0 unspecified atom stereocenters. The second-order valence-electron chi connectivity index (χ2n) is 10.3. The molecule has 38 heavy (non-hydrogen) atoms. The van der Waals surface area contributed by atoms with E-state index in [0.717, 1.165) is 23.1 Å². The van der Waals surface area contributed by atoms with Crippen molar-refractivity contribution in [3.8, 4) is 0 Å². The molecular formula is C29H34BNO7. The molecule has 2 amide bonds. The summed E-state index contributed by atoms with van der Waals surface area (Å²) in [5.74, 6) is -0.482. The number of anilines is 1. The van der Waals surface area contributed by atoms with Crippen LogP contribution in [0, 0.1) is 17.8 Å². The zero-order valence-electron chi connectivity index (χ0n) is 21.8. The van der Waals surface area contributed by atoms with Gasteiger partial charge in [0, 0.05) is 7.11 Å². The van der Waals surface area contributed by atoms with Crippen LogP contribution < -0.4 is 4.90 Å². The number of hydrogen-bond donors (Lipinski definition) is 2. The fourth-order valence-electron chi connectivity index (χ4n) is 6.33. The maximum Gasteiger partial charge on any atom is 0.455 e. The number of rotatable bonds is 9. The highest BCUT2D eigenvalue weighted by atomic mass is 16.5. The molecule has 3 aliphatic rings. The number of imide groups is 1. The summed E-state index contributed by atoms with van der Waals surface area (Å²) in [5, 5.41) is 20.0. The van der Waals surface area contributed by atoms with Crippen LogP contribution in [0.5, 0.6) is 0 Å². The van der Waals surface area contributed by atoms with E-state index >= 15 is 0 Å². The molecule has 0 bridgehead atoms. The summed E-state index contributed by atoms with van der Waals surface area (Å²) in [7, 11) is 0.610. The maximum absolute atomic E-state index is 13.7. The SMILES string of the molecule is CC/C(=C\c1ccc(CO)o1)CC[C@H]1OB(O)C[C@H]2C1=C(COC)C[C@H]1C(=O)N(c3ccccc3)C(=O)[C@H]12. The lowest BCUT2D eigenvalue weighted by molar-refractivity contribution is -0.122. The van der Waals surface area contributed by atoms with Crippen LogP contribution in [0.2, 0.25) is 6.32 Å². The molecular weight excluding hydrogens is 485 g/mol. The van der Waals surface area contributed by atoms with Crippen molar-refractivity contribution in [1.82, 2.24) is 0 Å². The Morgan fingerprint density at radius 3 is 2.63 bits per heavy atom. The van der Waals surface area contributed by atoms with Gasteiger partial charge in [0.05, 0.1) is 30.2 Å². The number of furan rings is 1. The van der Waals surface area contributed by atoms with Crippen molar-refractivity contribution in [2.24, 2.45) is 17.8 Å². The van der Waals surface area contributed by atoms with E-state index in [2.05, 4.69) is 6.92 Å². The van der Waals surface area contributed by atoms with Gasteiger partial charge in [-0.2, -0.15) is 0 Å². The highest BCUT2D eigenvalue weighted by Gasteiger charge is 2.57. The maximum atomic E-state index is 13.7. The van der Waals surface area contributed by atoms with Crippen LogP contribution >= 0.6 is 0 Å². The number of nitrogens with zero attached hydrogens (tertiary/aromatic N) is 1. The van der Waals surface area contributed by atoms with Gasteiger partial charge in [0.15, 0.2) is 0 Å². The number of aliphatic hydroxyl groups is 1. The van der Waals surface area contributed by atoms with Crippen LogP contribution in [0.4, 0.5) is 5.69 Å². The van der Waals surface area contributed by atoms with Gasteiger partial charge in [0.2, 0.25) is 11.8 Å². The lowest BCUT2D eigenvalue weighted by Crippen LogP contribution is -2.46. The van der Waals surface area contributed by atoms with Crippen molar-refractivity contribution in [2.45, 2.75) is 51.6 Å². The molecule has 2 fully saturated rings. The molecule has 8 nitrogen and oxygen atoms in total. The third-order valence-corrected chi connectivity index (χ3v) is 8.01. The summed E-state index contributed by atoms with van der Waals surface area (Å²) in [5.41, 5.74) is 3.72. The summed E-state index contributed by atoms with van der Waals surface area (Å²) >= 11 is 0. The number of methoxy groups -OCH3 is 1. The van der Waals surface area contributed by atoms with Crippen LogP contribution in [0.25, 0.3) is 6.08 Å². The quantitative estimate of drug-likeness (QED) is 0.293. The number of benzene rings is 1. The molecule has 1 aromatic heterocycles. The smallest absolute Gasteiger partial charge is 0.455 e. The van der Waals surface area contributed by atoms with Crippen LogP contribution in [0.15, 0.2) is 63.6 Å². The number of carbonyl (C=O) groups is 2. The number of ether oxygens (including phenoxy) is 1. The number of carbonyl (C=O) groups excluding carboxylic acids is 2. The summed E-state index contributed by atoms with van der Waals surface area (Å²) in [6.07, 6.45) is 4.44. The Morgan fingerprint density at radius 2 is 1.95 bits per heavy atom. The van der Waals surface area contributed by atoms with Gasteiger partial charge in [-0.1, -0.05) is 30.7 Å². The van der Waals surface area contributed by atoms with Crippen molar-refractivity contribution < 1.29 is 33.5 Å². The van der Waals surface area contributed by atoms with E-state index in [-0.39, 0.29) is 36.8 Å². The minimum atomic E-state index is -1.02. The Bertz CT molecular complexity index is 1240. The first-order valence-electron chi connectivity index (χ1n) is 13.3. The molecule has 2 saturated heterocycles. The fraction of sp³-hybridized carbons (Fsp3) is 0.448. The number of allylic oxidation sites excluding steroid dienone is 1. The average Bonchev–Trinajstić information content (AvgIpc) is 3.48. The molecule has 5 rings (SSSR count). The predicted octanol–water partition coefficient (Wildman–Crippen LogP) is 3.99. The molecule has 200 valence electrons. The zero-order valence-corrected chi connectivity index (χ0v) is 21.8. The van der Waals surface area contributed by atoms with Crippen molar-refractivity contribution in [3.05, 3.63) is 70.7 Å². The summed E-state index contributed by atoms with van der Waals surface area (Å²) in [4.78, 5) is 28.5. The molecule has 0 radical (unpaired) electrons. The van der Waals surface area contributed by atoms with E-state index in [4.69, 9.17) is 13.8 Å². The summed E-state index contributed by atoms with van der Waals surface area (Å²) < 4.78 is 17.2. The molecule has 1 aromatic carbocycles. The Hall–Kier alpha value is -2.98. The second kappa shape index (κ2) is 11.4. The van der Waals surface area contributed by atoms with Gasteiger partial charge in [-0.05, 0) is 79.4 Å². The van der Waals surface area contributed by atoms with Gasteiger partial charge in [-0.3, -0.25) is 14.5 Å². The van der Waals surface area contributed by atoms with E-state index in [0.29, 0.717) is 43.1 Å². The van der Waals surface area contributed by atoms with Crippen molar-refractivity contribution in [1.29, 1.82) is 0 Å². The first-order valence-corrected chi connectivity index (χ1v) is 13.3. The molecule has 3 heterocycles. The summed E-state index contributed by atoms with van der Waals surface area (Å²) in [6, 6.07) is 12.6. The van der Waals surface area contributed by atoms with Gasteiger partial charge in [0.25, 0.3) is 0 Å². The lowest BCUT2D eigenvalue weighted by atomic mass is 9.58. The Balaban J connectivity index is 1.43. The van der Waals surface area contributed by atoms with Crippen molar-refractivity contribution in [2.75, 3.05) is 18.6 Å². The molecule has 4 atom stereocenters. The Labute approximate surface area is 223 Å². The topological polar surface area (TPSA) is 109 Å². The van der Waals surface area contributed by atoms with Crippen LogP contribution in [0.1, 0.15) is 44.1 Å². The van der Waals surface area contributed by atoms with Crippen molar-refractivity contribution in [3.63, 3.8) is 0 Å². The minimum Gasteiger partial charge on any atom is -0.459 e. The average molecular weight is 519 g/mol. The first-order chi connectivity index (χ1) is 18.4. The first kappa shape index (κ1) is 26.6. The number of para-hydroxylation sites is 1. The molecule has 0 spiro atoms. The number of amides is 2. The van der Waals surface area contributed by atoms with Crippen LogP contribution in [-0.4, -0.2) is 48.9 Å². The van der Waals surface area contributed by atoms with E-state index in [1.54, 1.807) is 25.3 Å². The monoisotopic (exact) mass is 519 g/mol. The molecule has 1 aliphatic carbocycles. The van der Waals surface area contributed by atoms with Gasteiger partial charge >= 0.3 is 7.12 Å². The molecule has 2 aliphatic heterocycles. The van der Waals surface area contributed by atoms with Crippen LogP contribution in [-0.2, 0) is 25.6 Å². The number of fused-ring (bicyclic) bond motifs is 3. The van der Waals surface area contributed by atoms with E-state index in [1.165, 1.54) is 4.90 Å². The lowest BCUT2D eigenvalue weighted by Gasteiger charge is -2.43. The standard InChI is InChI=1S/C29H34BNO7/c1-3-18(13-21-10-11-22(16-32)37-21)9-12-25-26-19(17-36-2)14-23-27(24(26)15-30(35)38-25)29(34)31(28(23)33)20-7-5-4-6-8-20/h4-8,10-11,13,23-25,27,32,35H,3,9,12,14-17H2,1-2H3/b18-13+/t23-,24+,25-,27-/m1/s1. The van der Waals surface area contributed by atoms with E-state index < -0.39 is 19.0 Å². The largest absolute Gasteiger partial charge is 0.459 e. The third-order valence-electron chi connectivity index (χ3n) is 8.01. The second-order valence-corrected chi connectivity index (χ2v) is 10.3. The number of hydrogen-bond acceptors (Lipinski definition) is 7. The normalized spacial score (nSPS) is 25.7. The molecule has 9 heteroatoms. The minimum absolute atomic E-state index is 0.147. The zero-order chi connectivity index (χ0) is 26.8. The van der Waals surface area contributed by atoms with E-state index in [9.17, 15) is 19.7 Å². The third kappa shape index (κ3) is 5.03. The summed E-state index contributed by atoms with van der Waals surface area (Å²) in [6.45, 7) is 2.28. The Morgan fingerprint density at radius 1 is 1.16 bits per heavy atom. The highest BCUT2D eigenvalue weighted by Crippen LogP contribution is 2.51. The molecule has 2 N–H and O–H groups in total. The van der Waals surface area contributed by atoms with Gasteiger partial charge in [0.1, 0.15) is 18.1 Å². The van der Waals surface area contributed by atoms with E-state index in [1.807, 2.05) is 30.3 Å². The molecule has 0 saturated carbocycles.